The number of nitrogens with zero attached hydrogens (tertiary/aromatic N) is 2. The summed E-state index contributed by atoms with van der Waals surface area (Å²) >= 11 is 1.59. The first kappa shape index (κ1) is 12.6. The number of thiazole rings is 1. The Balaban J connectivity index is 1.84. The van der Waals surface area contributed by atoms with Crippen molar-refractivity contribution in [1.82, 2.24) is 9.88 Å². The summed E-state index contributed by atoms with van der Waals surface area (Å²) < 4.78 is 0. The van der Waals surface area contributed by atoms with Gasteiger partial charge in [0.1, 0.15) is 0 Å². The molecular weight excluding hydrogens is 254 g/mol. The van der Waals surface area contributed by atoms with Crippen molar-refractivity contribution in [2.24, 2.45) is 0 Å². The summed E-state index contributed by atoms with van der Waals surface area (Å²) in [7, 11) is 0. The van der Waals surface area contributed by atoms with Crippen LogP contribution in [0, 0.1) is 0 Å². The van der Waals surface area contributed by atoms with Crippen molar-refractivity contribution in [3.8, 4) is 0 Å². The van der Waals surface area contributed by atoms with Gasteiger partial charge in [-0.15, -0.1) is 11.3 Å². The Morgan fingerprint density at radius 3 is 2.89 bits per heavy atom. The highest BCUT2D eigenvalue weighted by Gasteiger charge is 2.31. The molecule has 100 valence electrons. The van der Waals surface area contributed by atoms with Gasteiger partial charge in [0, 0.05) is 36.1 Å². The maximum absolute atomic E-state index is 5.70. The molecule has 0 amide bonds. The maximum Gasteiger partial charge on any atom is 0.180 e. The van der Waals surface area contributed by atoms with Crippen LogP contribution in [-0.2, 0) is 18.5 Å². The van der Waals surface area contributed by atoms with Crippen LogP contribution < -0.4 is 5.73 Å². The molecule has 0 bridgehead atoms. The number of benzene rings is 1. The van der Waals surface area contributed by atoms with E-state index in [2.05, 4.69) is 48.0 Å². The second-order valence-corrected chi connectivity index (χ2v) is 7.00. The van der Waals surface area contributed by atoms with Crippen molar-refractivity contribution in [2.75, 3.05) is 12.3 Å². The lowest BCUT2D eigenvalue weighted by atomic mass is 9.78. The molecular formula is C15H19N3S. The molecule has 1 aliphatic rings. The van der Waals surface area contributed by atoms with E-state index in [9.17, 15) is 0 Å². The fourth-order valence-electron chi connectivity index (χ4n) is 2.99. The first-order valence-corrected chi connectivity index (χ1v) is 7.37. The Hall–Kier alpha value is -1.39. The number of anilines is 1. The predicted molar refractivity (Wildman–Crippen MR) is 80.1 cm³/mol. The molecule has 1 aliphatic heterocycles. The van der Waals surface area contributed by atoms with Crippen molar-refractivity contribution in [3.05, 3.63) is 46.5 Å². The monoisotopic (exact) mass is 273 g/mol. The molecule has 1 aromatic heterocycles. The molecule has 0 radical (unpaired) electrons. The molecule has 19 heavy (non-hydrogen) atoms. The first-order valence-electron chi connectivity index (χ1n) is 6.55. The number of hydrogen-bond donors (Lipinski definition) is 1. The van der Waals surface area contributed by atoms with Gasteiger partial charge >= 0.3 is 0 Å². The van der Waals surface area contributed by atoms with Gasteiger partial charge in [0.25, 0.3) is 0 Å². The topological polar surface area (TPSA) is 42.2 Å². The second kappa shape index (κ2) is 4.62. The van der Waals surface area contributed by atoms with Crippen LogP contribution in [0.5, 0.6) is 0 Å². The van der Waals surface area contributed by atoms with E-state index in [1.165, 1.54) is 16.0 Å². The third-order valence-electron chi connectivity index (χ3n) is 3.71. The molecule has 1 aromatic carbocycles. The van der Waals surface area contributed by atoms with Crippen LogP contribution in [-0.4, -0.2) is 16.4 Å². The molecule has 0 saturated carbocycles. The maximum atomic E-state index is 5.70. The summed E-state index contributed by atoms with van der Waals surface area (Å²) in [6.45, 7) is 7.66. The van der Waals surface area contributed by atoms with E-state index in [1.807, 2.05) is 6.20 Å². The van der Waals surface area contributed by atoms with Gasteiger partial charge in [0.05, 0.1) is 0 Å². The minimum absolute atomic E-state index is 0.199. The molecule has 0 unspecified atom stereocenters. The lowest BCUT2D eigenvalue weighted by Gasteiger charge is -2.39. The summed E-state index contributed by atoms with van der Waals surface area (Å²) in [5, 5.41) is 0.659. The summed E-state index contributed by atoms with van der Waals surface area (Å²) in [4.78, 5) is 7.86. The zero-order valence-corrected chi connectivity index (χ0v) is 12.2. The van der Waals surface area contributed by atoms with Crippen LogP contribution in [0.15, 0.2) is 30.5 Å². The SMILES string of the molecule is CC1(C)CN(Cc2cnc(N)s2)Cc2ccccc21. The molecule has 0 fully saturated rings. The molecule has 3 nitrogen and oxygen atoms in total. The Morgan fingerprint density at radius 2 is 2.16 bits per heavy atom. The van der Waals surface area contributed by atoms with Crippen molar-refractivity contribution < 1.29 is 0 Å². The molecule has 2 heterocycles. The second-order valence-electron chi connectivity index (χ2n) is 5.85. The fraction of sp³-hybridized carbons (Fsp3) is 0.400. The lowest BCUT2D eigenvalue weighted by Crippen LogP contribution is -2.41. The largest absolute Gasteiger partial charge is 0.375 e. The van der Waals surface area contributed by atoms with Gasteiger partial charge in [0.15, 0.2) is 5.13 Å². The molecule has 3 rings (SSSR count). The summed E-state index contributed by atoms with van der Waals surface area (Å²) in [6.07, 6.45) is 1.90. The number of hydrogen-bond acceptors (Lipinski definition) is 4. The molecule has 2 aromatic rings. The fourth-order valence-corrected chi connectivity index (χ4v) is 3.71. The van der Waals surface area contributed by atoms with Crippen LogP contribution in [0.2, 0.25) is 0 Å². The highest BCUT2D eigenvalue weighted by atomic mass is 32.1. The average molecular weight is 273 g/mol. The normalized spacial score (nSPS) is 18.2. The third kappa shape index (κ3) is 2.51. The highest BCUT2D eigenvalue weighted by Crippen LogP contribution is 2.34. The number of rotatable bonds is 2. The predicted octanol–water partition coefficient (Wildman–Crippen LogP) is 3.02. The third-order valence-corrected chi connectivity index (χ3v) is 4.52. The van der Waals surface area contributed by atoms with Crippen LogP contribution in [0.1, 0.15) is 29.9 Å². The zero-order valence-electron chi connectivity index (χ0n) is 11.4. The van der Waals surface area contributed by atoms with E-state index in [4.69, 9.17) is 5.73 Å². The van der Waals surface area contributed by atoms with Crippen LogP contribution in [0.3, 0.4) is 0 Å². The van der Waals surface area contributed by atoms with Crippen molar-refractivity contribution >= 4 is 16.5 Å². The summed E-state index contributed by atoms with van der Waals surface area (Å²) in [6, 6.07) is 8.77. The van der Waals surface area contributed by atoms with Gasteiger partial charge in [-0.05, 0) is 11.1 Å². The molecule has 4 heteroatoms. The summed E-state index contributed by atoms with van der Waals surface area (Å²) in [5.74, 6) is 0. The van der Waals surface area contributed by atoms with E-state index < -0.39 is 0 Å². The summed E-state index contributed by atoms with van der Waals surface area (Å²) in [5.41, 5.74) is 8.82. The standard InChI is InChI=1S/C15H19N3S/c1-15(2)10-18(9-12-7-17-14(16)19-12)8-11-5-3-4-6-13(11)15/h3-7H,8-10H2,1-2H3,(H2,16,17). The zero-order chi connectivity index (χ0) is 13.5. The highest BCUT2D eigenvalue weighted by molar-refractivity contribution is 7.15. The van der Waals surface area contributed by atoms with Gasteiger partial charge in [-0.3, -0.25) is 4.90 Å². The molecule has 0 aliphatic carbocycles. The van der Waals surface area contributed by atoms with Gasteiger partial charge < -0.3 is 5.73 Å². The van der Waals surface area contributed by atoms with Gasteiger partial charge in [-0.2, -0.15) is 0 Å². The van der Waals surface area contributed by atoms with E-state index >= 15 is 0 Å². The quantitative estimate of drug-likeness (QED) is 0.914. The lowest BCUT2D eigenvalue weighted by molar-refractivity contribution is 0.188. The van der Waals surface area contributed by atoms with E-state index in [0.29, 0.717) is 5.13 Å². The Bertz CT molecular complexity index is 589. The van der Waals surface area contributed by atoms with Crippen LogP contribution >= 0.6 is 11.3 Å². The van der Waals surface area contributed by atoms with Crippen LogP contribution in [0.25, 0.3) is 0 Å². The van der Waals surface area contributed by atoms with Crippen molar-refractivity contribution in [1.29, 1.82) is 0 Å². The number of fused-ring (bicyclic) bond motifs is 1. The van der Waals surface area contributed by atoms with Gasteiger partial charge in [-0.25, -0.2) is 4.98 Å². The van der Waals surface area contributed by atoms with Gasteiger partial charge in [0.2, 0.25) is 0 Å². The van der Waals surface area contributed by atoms with Gasteiger partial charge in [-0.1, -0.05) is 38.1 Å². The minimum Gasteiger partial charge on any atom is -0.375 e. The average Bonchev–Trinajstić information content (AvgIpc) is 2.74. The molecule has 0 spiro atoms. The minimum atomic E-state index is 0.199. The van der Waals surface area contributed by atoms with E-state index in [1.54, 1.807) is 11.3 Å². The Morgan fingerprint density at radius 1 is 1.37 bits per heavy atom. The van der Waals surface area contributed by atoms with Crippen molar-refractivity contribution in [3.63, 3.8) is 0 Å². The molecule has 2 N–H and O–H groups in total. The Labute approximate surface area is 118 Å². The number of nitrogens with two attached hydrogens (primary N) is 1. The number of nitrogen functional groups attached to an aromatic ring is 1. The first-order chi connectivity index (χ1) is 9.04. The smallest absolute Gasteiger partial charge is 0.180 e. The van der Waals surface area contributed by atoms with E-state index in [-0.39, 0.29) is 5.41 Å². The molecule has 0 saturated heterocycles. The van der Waals surface area contributed by atoms with Crippen molar-refractivity contribution in [2.45, 2.75) is 32.4 Å². The molecule has 0 atom stereocenters. The number of aromatic nitrogens is 1. The van der Waals surface area contributed by atoms with E-state index in [0.717, 1.165) is 19.6 Å². The van der Waals surface area contributed by atoms with Crippen LogP contribution in [0.4, 0.5) is 5.13 Å². The Kier molecular flexibility index (Phi) is 3.07.